The van der Waals surface area contributed by atoms with E-state index in [9.17, 15) is 21.6 Å². The van der Waals surface area contributed by atoms with Crippen LogP contribution in [0, 0.1) is 6.92 Å². The van der Waals surface area contributed by atoms with Gasteiger partial charge in [-0.2, -0.15) is 13.2 Å². The van der Waals surface area contributed by atoms with Crippen LogP contribution in [-0.2, 0) is 16.2 Å². The lowest BCUT2D eigenvalue weighted by Gasteiger charge is -2.14. The van der Waals surface area contributed by atoms with Gasteiger partial charge in [-0.25, -0.2) is 18.4 Å². The van der Waals surface area contributed by atoms with Crippen LogP contribution >= 0.6 is 0 Å². The number of ether oxygens (including phenoxy) is 1. The lowest BCUT2D eigenvalue weighted by atomic mass is 10.0. The lowest BCUT2D eigenvalue weighted by molar-refractivity contribution is -0.137. The maximum atomic E-state index is 13.1. The van der Waals surface area contributed by atoms with Gasteiger partial charge in [0.2, 0.25) is 0 Å². The third-order valence-corrected chi connectivity index (χ3v) is 6.20. The highest BCUT2D eigenvalue weighted by Gasteiger charge is 2.31. The first-order chi connectivity index (χ1) is 15.6. The summed E-state index contributed by atoms with van der Waals surface area (Å²) in [6.45, 7) is 1.64. The van der Waals surface area contributed by atoms with Crippen molar-refractivity contribution in [1.29, 1.82) is 0 Å². The third-order valence-electron chi connectivity index (χ3n) is 4.85. The molecular weight excluding hydrogens is 457 g/mol. The molecular formula is C22H17F3N4O3S. The number of aromatic nitrogens is 3. The zero-order valence-corrected chi connectivity index (χ0v) is 18.2. The minimum Gasteiger partial charge on any atom is -0.496 e. The van der Waals surface area contributed by atoms with Crippen LogP contribution in [0.5, 0.6) is 5.75 Å². The van der Waals surface area contributed by atoms with E-state index in [-0.39, 0.29) is 16.5 Å². The normalized spacial score (nSPS) is 12.0. The topological polar surface area (TPSA) is 94.1 Å². The van der Waals surface area contributed by atoms with E-state index in [1.54, 1.807) is 19.1 Å². The molecule has 0 fully saturated rings. The van der Waals surface area contributed by atoms with Crippen LogP contribution in [0.15, 0.2) is 65.8 Å². The van der Waals surface area contributed by atoms with Crippen LogP contribution in [0.3, 0.4) is 0 Å². The van der Waals surface area contributed by atoms with E-state index in [0.29, 0.717) is 27.9 Å². The number of hydrogen-bond donors (Lipinski definition) is 1. The number of pyridine rings is 1. The molecule has 0 bridgehead atoms. The Balaban J connectivity index is 1.77. The van der Waals surface area contributed by atoms with Crippen LogP contribution in [0.1, 0.15) is 11.4 Å². The fraction of sp³-hybridized carbons (Fsp3) is 0.136. The number of fused-ring (bicyclic) bond motifs is 1. The number of anilines is 1. The summed E-state index contributed by atoms with van der Waals surface area (Å²) in [5, 5.41) is 1.08. The molecule has 2 heterocycles. The Kier molecular flexibility index (Phi) is 5.66. The number of hydrogen-bond acceptors (Lipinski definition) is 6. The number of sulfonamides is 1. The third kappa shape index (κ3) is 4.58. The van der Waals surface area contributed by atoms with Gasteiger partial charge in [0.15, 0.2) is 0 Å². The minimum absolute atomic E-state index is 0.00215. The Labute approximate surface area is 187 Å². The largest absolute Gasteiger partial charge is 0.496 e. The summed E-state index contributed by atoms with van der Waals surface area (Å²) in [5.41, 5.74) is -0.134. The van der Waals surface area contributed by atoms with Crippen LogP contribution in [-0.4, -0.2) is 30.5 Å². The van der Waals surface area contributed by atoms with Gasteiger partial charge in [-0.15, -0.1) is 0 Å². The predicted molar refractivity (Wildman–Crippen MR) is 116 cm³/mol. The molecule has 0 aliphatic heterocycles. The number of halogens is 3. The molecule has 0 unspecified atom stereocenters. The van der Waals surface area contributed by atoms with Crippen molar-refractivity contribution < 1.29 is 26.3 Å². The van der Waals surface area contributed by atoms with Crippen LogP contribution in [0.4, 0.5) is 19.0 Å². The smallest absolute Gasteiger partial charge is 0.416 e. The highest BCUT2D eigenvalue weighted by molar-refractivity contribution is 7.92. The van der Waals surface area contributed by atoms with Crippen molar-refractivity contribution in [3.8, 4) is 17.0 Å². The van der Waals surface area contributed by atoms with Gasteiger partial charge in [0.25, 0.3) is 10.0 Å². The maximum Gasteiger partial charge on any atom is 0.416 e. The van der Waals surface area contributed by atoms with Gasteiger partial charge in [0, 0.05) is 23.3 Å². The number of nitrogens with zero attached hydrogens (tertiary/aromatic N) is 3. The van der Waals surface area contributed by atoms with Gasteiger partial charge in [-0.1, -0.05) is 6.07 Å². The summed E-state index contributed by atoms with van der Waals surface area (Å²) in [5.74, 6) is 0.546. The zero-order chi connectivity index (χ0) is 23.8. The van der Waals surface area contributed by atoms with E-state index in [2.05, 4.69) is 19.7 Å². The quantitative estimate of drug-likeness (QED) is 0.445. The molecule has 0 atom stereocenters. The van der Waals surface area contributed by atoms with Crippen molar-refractivity contribution in [3.05, 3.63) is 72.3 Å². The second kappa shape index (κ2) is 8.32. The molecule has 0 radical (unpaired) electrons. The molecule has 0 spiro atoms. The average Bonchev–Trinajstić information content (AvgIpc) is 2.77. The number of rotatable bonds is 5. The minimum atomic E-state index is -4.52. The summed E-state index contributed by atoms with van der Waals surface area (Å²) in [7, 11) is -2.67. The van der Waals surface area contributed by atoms with Crippen molar-refractivity contribution in [2.45, 2.75) is 18.0 Å². The van der Waals surface area contributed by atoms with E-state index in [0.717, 1.165) is 12.1 Å². The molecule has 11 heteroatoms. The molecule has 4 aromatic rings. The van der Waals surface area contributed by atoms with E-state index in [4.69, 9.17) is 4.74 Å². The number of methoxy groups -OCH3 is 1. The highest BCUT2D eigenvalue weighted by Crippen LogP contribution is 2.38. The highest BCUT2D eigenvalue weighted by atomic mass is 32.2. The molecule has 33 heavy (non-hydrogen) atoms. The molecule has 0 saturated carbocycles. The van der Waals surface area contributed by atoms with E-state index in [1.165, 1.54) is 43.8 Å². The number of nitrogens with one attached hydrogen (secondary N) is 1. The van der Waals surface area contributed by atoms with Gasteiger partial charge >= 0.3 is 6.18 Å². The fourth-order valence-electron chi connectivity index (χ4n) is 3.31. The first kappa shape index (κ1) is 22.5. The Hall–Kier alpha value is -3.73. The SMILES string of the molecule is COc1cc(C(F)(F)F)ccc1-c1nccc2cc(S(=O)(=O)Nc3ccnc(C)n3)ccc12. The zero-order valence-electron chi connectivity index (χ0n) is 17.4. The lowest BCUT2D eigenvalue weighted by Crippen LogP contribution is -2.14. The van der Waals surface area contributed by atoms with Crippen LogP contribution in [0.25, 0.3) is 22.0 Å². The molecule has 2 aromatic carbocycles. The van der Waals surface area contributed by atoms with Crippen molar-refractivity contribution in [1.82, 2.24) is 15.0 Å². The standard InChI is InChI=1S/C22H17F3N4O3S/c1-13-26-10-8-20(28-13)29-33(30,31)16-4-6-17-14(11-16)7-9-27-21(17)18-5-3-15(22(23,24)25)12-19(18)32-2/h3-12H,1-2H3,(H,26,28,29). The fourth-order valence-corrected chi connectivity index (χ4v) is 4.35. The summed E-state index contributed by atoms with van der Waals surface area (Å²) in [6, 6.07) is 10.6. The molecule has 170 valence electrons. The first-order valence-corrected chi connectivity index (χ1v) is 11.0. The molecule has 0 amide bonds. The van der Waals surface area contributed by atoms with Crippen molar-refractivity contribution in [2.24, 2.45) is 0 Å². The Morgan fingerprint density at radius 1 is 0.970 bits per heavy atom. The summed E-state index contributed by atoms with van der Waals surface area (Å²) >= 11 is 0. The molecule has 2 aromatic heterocycles. The number of benzene rings is 2. The van der Waals surface area contributed by atoms with Gasteiger partial charge in [0.1, 0.15) is 17.4 Å². The van der Waals surface area contributed by atoms with E-state index in [1.807, 2.05) is 0 Å². The molecule has 0 aliphatic carbocycles. The molecule has 4 rings (SSSR count). The van der Waals surface area contributed by atoms with Crippen molar-refractivity contribution in [3.63, 3.8) is 0 Å². The first-order valence-electron chi connectivity index (χ1n) is 9.55. The summed E-state index contributed by atoms with van der Waals surface area (Å²) in [4.78, 5) is 12.3. The van der Waals surface area contributed by atoms with Gasteiger partial charge in [-0.3, -0.25) is 9.71 Å². The number of aryl methyl sites for hydroxylation is 1. The van der Waals surface area contributed by atoms with Gasteiger partial charge in [0.05, 0.1) is 23.3 Å². The second-order valence-corrected chi connectivity index (χ2v) is 8.73. The molecule has 0 saturated heterocycles. The molecule has 7 nitrogen and oxygen atoms in total. The average molecular weight is 474 g/mol. The second-order valence-electron chi connectivity index (χ2n) is 7.05. The Morgan fingerprint density at radius 2 is 1.73 bits per heavy atom. The van der Waals surface area contributed by atoms with E-state index < -0.39 is 21.8 Å². The predicted octanol–water partition coefficient (Wildman–Crippen LogP) is 4.83. The molecule has 1 N–H and O–H groups in total. The van der Waals surface area contributed by atoms with Gasteiger partial charge in [-0.05, 0) is 54.8 Å². The van der Waals surface area contributed by atoms with Crippen LogP contribution in [0.2, 0.25) is 0 Å². The maximum absolute atomic E-state index is 13.1. The Bertz CT molecular complexity index is 1460. The summed E-state index contributed by atoms with van der Waals surface area (Å²) in [6.07, 6.45) is -1.63. The van der Waals surface area contributed by atoms with E-state index >= 15 is 0 Å². The van der Waals surface area contributed by atoms with Gasteiger partial charge < -0.3 is 4.74 Å². The number of alkyl halides is 3. The monoisotopic (exact) mass is 474 g/mol. The van der Waals surface area contributed by atoms with Crippen LogP contribution < -0.4 is 9.46 Å². The van der Waals surface area contributed by atoms with Crippen molar-refractivity contribution >= 4 is 26.6 Å². The molecule has 0 aliphatic rings. The Morgan fingerprint density at radius 3 is 2.42 bits per heavy atom. The van der Waals surface area contributed by atoms with Crippen molar-refractivity contribution in [2.75, 3.05) is 11.8 Å². The summed E-state index contributed by atoms with van der Waals surface area (Å²) < 4.78 is 72.5.